The van der Waals surface area contributed by atoms with Crippen molar-refractivity contribution in [2.45, 2.75) is 0 Å². The second-order valence-electron chi connectivity index (χ2n) is 4.00. The third kappa shape index (κ3) is 2.58. The Morgan fingerprint density at radius 3 is 2.76 bits per heavy atom. The molecule has 1 aromatic carbocycles. The number of aromatic nitrogens is 4. The summed E-state index contributed by atoms with van der Waals surface area (Å²) in [5.41, 5.74) is 6.36. The van der Waals surface area contributed by atoms with E-state index in [0.717, 1.165) is 0 Å². The molecule has 2 heterocycles. The molecular formula is C12H9FN6OS. The summed E-state index contributed by atoms with van der Waals surface area (Å²) in [7, 11) is 0. The molecule has 0 aliphatic carbocycles. The summed E-state index contributed by atoms with van der Waals surface area (Å²) in [6, 6.07) is 5.52. The number of nitrogens with two attached hydrogens (primary N) is 1. The highest BCUT2D eigenvalue weighted by atomic mass is 32.1. The van der Waals surface area contributed by atoms with Crippen LogP contribution in [-0.4, -0.2) is 25.9 Å². The number of anilines is 2. The van der Waals surface area contributed by atoms with Crippen LogP contribution in [0.3, 0.4) is 0 Å². The minimum atomic E-state index is -0.504. The van der Waals surface area contributed by atoms with E-state index in [2.05, 4.69) is 20.6 Å². The Kier molecular flexibility index (Phi) is 3.32. The van der Waals surface area contributed by atoms with Gasteiger partial charge < -0.3 is 5.73 Å². The summed E-state index contributed by atoms with van der Waals surface area (Å²) in [5, 5.41) is 12.3. The van der Waals surface area contributed by atoms with E-state index in [-0.39, 0.29) is 17.3 Å². The molecule has 7 nitrogen and oxygen atoms in total. The highest BCUT2D eigenvalue weighted by Gasteiger charge is 2.19. The van der Waals surface area contributed by atoms with Crippen LogP contribution >= 0.6 is 11.3 Å². The number of nitrogen functional groups attached to an aromatic ring is 1. The van der Waals surface area contributed by atoms with Crippen LogP contribution in [0.5, 0.6) is 0 Å². The number of nitrogens with one attached hydrogen (secondary N) is 1. The molecular weight excluding hydrogens is 295 g/mol. The fraction of sp³-hybridized carbons (Fsp3) is 0. The van der Waals surface area contributed by atoms with Crippen LogP contribution in [0.4, 0.5) is 15.3 Å². The normalized spacial score (nSPS) is 10.5. The van der Waals surface area contributed by atoms with Crippen LogP contribution in [0.1, 0.15) is 10.5 Å². The minimum Gasteiger partial charge on any atom is -0.382 e. The van der Waals surface area contributed by atoms with Gasteiger partial charge in [0.15, 0.2) is 16.6 Å². The Bertz CT molecular complexity index is 768. The number of halogens is 1. The summed E-state index contributed by atoms with van der Waals surface area (Å²) >= 11 is 1.28. The zero-order valence-corrected chi connectivity index (χ0v) is 11.3. The van der Waals surface area contributed by atoms with Crippen LogP contribution in [0.25, 0.3) is 5.69 Å². The van der Waals surface area contributed by atoms with Crippen molar-refractivity contribution in [2.75, 3.05) is 11.1 Å². The first kappa shape index (κ1) is 13.2. The van der Waals surface area contributed by atoms with E-state index < -0.39 is 5.91 Å². The minimum absolute atomic E-state index is 0.0190. The van der Waals surface area contributed by atoms with Gasteiger partial charge in [0.25, 0.3) is 5.91 Å². The molecule has 2 aromatic heterocycles. The molecule has 0 aliphatic rings. The third-order valence-corrected chi connectivity index (χ3v) is 3.33. The predicted octanol–water partition coefficient (Wildman–Crippen LogP) is 1.70. The van der Waals surface area contributed by atoms with Crippen molar-refractivity contribution in [3.05, 3.63) is 47.4 Å². The number of carbonyl (C=O) groups excluding carboxylic acids is 1. The zero-order valence-electron chi connectivity index (χ0n) is 10.5. The second kappa shape index (κ2) is 5.29. The molecule has 0 spiro atoms. The van der Waals surface area contributed by atoms with Gasteiger partial charge >= 0.3 is 0 Å². The van der Waals surface area contributed by atoms with E-state index in [9.17, 15) is 9.18 Å². The van der Waals surface area contributed by atoms with Crippen LogP contribution < -0.4 is 11.1 Å². The largest absolute Gasteiger partial charge is 0.382 e. The molecule has 0 unspecified atom stereocenters. The summed E-state index contributed by atoms with van der Waals surface area (Å²) in [5.74, 6) is -0.814. The molecule has 0 atom stereocenters. The number of benzene rings is 1. The first-order valence-electron chi connectivity index (χ1n) is 5.83. The highest BCUT2D eigenvalue weighted by molar-refractivity contribution is 7.13. The maximum Gasteiger partial charge on any atom is 0.281 e. The van der Waals surface area contributed by atoms with Crippen molar-refractivity contribution in [2.24, 2.45) is 0 Å². The van der Waals surface area contributed by atoms with Crippen molar-refractivity contribution >= 4 is 28.2 Å². The van der Waals surface area contributed by atoms with Crippen LogP contribution in [0.2, 0.25) is 0 Å². The van der Waals surface area contributed by atoms with Crippen molar-refractivity contribution in [3.63, 3.8) is 0 Å². The Hall–Kier alpha value is -2.81. The monoisotopic (exact) mass is 304 g/mol. The van der Waals surface area contributed by atoms with Gasteiger partial charge in [0.05, 0.1) is 5.69 Å². The van der Waals surface area contributed by atoms with Gasteiger partial charge in [-0.1, -0.05) is 5.21 Å². The lowest BCUT2D eigenvalue weighted by atomic mass is 10.3. The number of nitrogens with zero attached hydrogens (tertiary/aromatic N) is 4. The van der Waals surface area contributed by atoms with Crippen LogP contribution in [-0.2, 0) is 0 Å². The van der Waals surface area contributed by atoms with Crippen molar-refractivity contribution in [3.8, 4) is 5.69 Å². The predicted molar refractivity (Wildman–Crippen MR) is 75.8 cm³/mol. The summed E-state index contributed by atoms with van der Waals surface area (Å²) in [6.07, 6.45) is 1.57. The summed E-state index contributed by atoms with van der Waals surface area (Å²) < 4.78 is 14.2. The third-order valence-electron chi connectivity index (χ3n) is 2.64. The average Bonchev–Trinajstić information content (AvgIpc) is 3.09. The van der Waals surface area contributed by atoms with Gasteiger partial charge in [0.2, 0.25) is 0 Å². The number of hydrogen-bond acceptors (Lipinski definition) is 6. The van der Waals surface area contributed by atoms with Gasteiger partial charge in [0.1, 0.15) is 5.82 Å². The first-order chi connectivity index (χ1) is 10.1. The molecule has 3 aromatic rings. The Balaban J connectivity index is 1.88. The fourth-order valence-electron chi connectivity index (χ4n) is 1.67. The Morgan fingerprint density at radius 1 is 1.33 bits per heavy atom. The van der Waals surface area contributed by atoms with Gasteiger partial charge in [-0.3, -0.25) is 10.1 Å². The lowest BCUT2D eigenvalue weighted by Gasteiger charge is -2.03. The molecule has 1 amide bonds. The molecule has 0 fully saturated rings. The van der Waals surface area contributed by atoms with Crippen LogP contribution in [0.15, 0.2) is 35.8 Å². The van der Waals surface area contributed by atoms with Gasteiger partial charge in [-0.15, -0.1) is 16.4 Å². The average molecular weight is 304 g/mol. The molecule has 0 bridgehead atoms. The molecule has 0 radical (unpaired) electrons. The quantitative estimate of drug-likeness (QED) is 0.767. The smallest absolute Gasteiger partial charge is 0.281 e. The van der Waals surface area contributed by atoms with Gasteiger partial charge in [0, 0.05) is 11.6 Å². The standard InChI is InChI=1S/C12H9FN6OS/c13-7-1-3-8(4-2-7)19-10(14)9(17-18-19)11(20)16-12-15-5-6-21-12/h1-6H,14H2,(H,15,16,20). The van der Waals surface area contributed by atoms with E-state index >= 15 is 0 Å². The maximum atomic E-state index is 12.9. The maximum absolute atomic E-state index is 12.9. The molecule has 0 aliphatic heterocycles. The molecule has 21 heavy (non-hydrogen) atoms. The van der Waals surface area contributed by atoms with Crippen molar-refractivity contribution in [1.29, 1.82) is 0 Å². The van der Waals surface area contributed by atoms with E-state index in [0.29, 0.717) is 10.8 Å². The van der Waals surface area contributed by atoms with E-state index in [1.54, 1.807) is 11.6 Å². The molecule has 3 rings (SSSR count). The van der Waals surface area contributed by atoms with E-state index in [4.69, 9.17) is 5.73 Å². The van der Waals surface area contributed by atoms with E-state index in [1.165, 1.54) is 40.3 Å². The Labute approximate surface area is 122 Å². The van der Waals surface area contributed by atoms with Gasteiger partial charge in [-0.05, 0) is 24.3 Å². The fourth-order valence-corrected chi connectivity index (χ4v) is 2.19. The topological polar surface area (TPSA) is 98.7 Å². The van der Waals surface area contributed by atoms with Gasteiger partial charge in [-0.2, -0.15) is 4.68 Å². The number of rotatable bonds is 3. The molecule has 106 valence electrons. The number of amides is 1. The zero-order chi connectivity index (χ0) is 14.8. The summed E-state index contributed by atoms with van der Waals surface area (Å²) in [6.45, 7) is 0. The van der Waals surface area contributed by atoms with Gasteiger partial charge in [-0.25, -0.2) is 9.37 Å². The Morgan fingerprint density at radius 2 is 2.10 bits per heavy atom. The number of hydrogen-bond donors (Lipinski definition) is 2. The molecule has 0 saturated heterocycles. The summed E-state index contributed by atoms with van der Waals surface area (Å²) in [4.78, 5) is 16.0. The SMILES string of the molecule is Nc1c(C(=O)Nc2nccs2)nnn1-c1ccc(F)cc1. The number of carbonyl (C=O) groups is 1. The highest BCUT2D eigenvalue weighted by Crippen LogP contribution is 2.17. The van der Waals surface area contributed by atoms with Crippen molar-refractivity contribution < 1.29 is 9.18 Å². The first-order valence-corrected chi connectivity index (χ1v) is 6.71. The van der Waals surface area contributed by atoms with Crippen molar-refractivity contribution in [1.82, 2.24) is 20.0 Å². The lowest BCUT2D eigenvalue weighted by Crippen LogP contribution is -2.14. The second-order valence-corrected chi connectivity index (χ2v) is 4.90. The van der Waals surface area contributed by atoms with Crippen LogP contribution in [0, 0.1) is 5.82 Å². The molecule has 9 heteroatoms. The lowest BCUT2D eigenvalue weighted by molar-refractivity contribution is 0.102. The number of thiazole rings is 1. The van der Waals surface area contributed by atoms with E-state index in [1.807, 2.05) is 0 Å². The molecule has 3 N–H and O–H groups in total. The molecule has 0 saturated carbocycles.